The zero-order chi connectivity index (χ0) is 28.8. The van der Waals surface area contributed by atoms with E-state index in [0.717, 1.165) is 15.6 Å². The Bertz CT molecular complexity index is 1270. The van der Waals surface area contributed by atoms with Crippen LogP contribution in [0, 0.1) is 5.82 Å². The topological polar surface area (TPSA) is 58.6 Å². The monoisotopic (exact) mass is 596 g/mol. The lowest BCUT2D eigenvalue weighted by molar-refractivity contribution is -0.143. The molecule has 0 saturated heterocycles. The van der Waals surface area contributed by atoms with Gasteiger partial charge in [-0.3, -0.25) is 9.59 Å². The third-order valence-electron chi connectivity index (χ3n) is 6.18. The lowest BCUT2D eigenvalue weighted by Crippen LogP contribution is -2.55. The van der Waals surface area contributed by atoms with Gasteiger partial charge in [0.05, 0.1) is 4.47 Å². The number of nitrogens with zero attached hydrogens (tertiary/aromatic N) is 1. The second kappa shape index (κ2) is 12.8. The first-order valence-electron chi connectivity index (χ1n) is 13.1. The molecule has 0 heterocycles. The van der Waals surface area contributed by atoms with Crippen LogP contribution >= 0.6 is 15.9 Å². The molecule has 39 heavy (non-hydrogen) atoms. The summed E-state index contributed by atoms with van der Waals surface area (Å²) in [7, 11) is 0. The second-order valence-corrected chi connectivity index (χ2v) is 12.6. The molecule has 0 aromatic heterocycles. The predicted molar refractivity (Wildman–Crippen MR) is 157 cm³/mol. The highest BCUT2D eigenvalue weighted by atomic mass is 79.9. The van der Waals surface area contributed by atoms with E-state index in [1.807, 2.05) is 69.3 Å². The van der Waals surface area contributed by atoms with Crippen molar-refractivity contribution in [1.29, 1.82) is 0 Å². The van der Waals surface area contributed by atoms with E-state index in [-0.39, 0.29) is 36.2 Å². The van der Waals surface area contributed by atoms with Crippen molar-refractivity contribution in [3.05, 3.63) is 99.8 Å². The predicted octanol–water partition coefficient (Wildman–Crippen LogP) is 6.82. The van der Waals surface area contributed by atoms with Crippen molar-refractivity contribution in [2.24, 2.45) is 0 Å². The highest BCUT2D eigenvalue weighted by Gasteiger charge is 2.32. The Kier molecular flexibility index (Phi) is 9.94. The summed E-state index contributed by atoms with van der Waals surface area (Å²) < 4.78 is 20.3. The quantitative estimate of drug-likeness (QED) is 0.295. The van der Waals surface area contributed by atoms with Gasteiger partial charge in [0.15, 0.2) is 6.61 Å². The van der Waals surface area contributed by atoms with E-state index in [9.17, 15) is 14.0 Å². The van der Waals surface area contributed by atoms with E-state index in [4.69, 9.17) is 4.74 Å². The van der Waals surface area contributed by atoms with E-state index in [0.29, 0.717) is 17.7 Å². The Morgan fingerprint density at radius 1 is 0.923 bits per heavy atom. The molecule has 0 aliphatic rings. The van der Waals surface area contributed by atoms with Crippen LogP contribution in [0.5, 0.6) is 5.75 Å². The van der Waals surface area contributed by atoms with Gasteiger partial charge in [0.2, 0.25) is 5.91 Å². The van der Waals surface area contributed by atoms with Crippen molar-refractivity contribution in [3.8, 4) is 5.75 Å². The maximum Gasteiger partial charge on any atom is 0.261 e. The molecule has 208 valence electrons. The minimum absolute atomic E-state index is 0.0338. The number of hydrogen-bond donors (Lipinski definition) is 1. The number of benzene rings is 3. The number of halogens is 2. The van der Waals surface area contributed by atoms with Gasteiger partial charge in [0.25, 0.3) is 5.91 Å². The summed E-state index contributed by atoms with van der Waals surface area (Å²) in [6.45, 7) is 11.9. The summed E-state index contributed by atoms with van der Waals surface area (Å²) in [5.41, 5.74) is 2.24. The van der Waals surface area contributed by atoms with Crippen LogP contribution in [-0.4, -0.2) is 34.9 Å². The molecular weight excluding hydrogens is 559 g/mol. The van der Waals surface area contributed by atoms with Crippen LogP contribution in [0.4, 0.5) is 4.39 Å². The maximum atomic E-state index is 13.8. The maximum absolute atomic E-state index is 13.8. The summed E-state index contributed by atoms with van der Waals surface area (Å²) in [4.78, 5) is 28.9. The van der Waals surface area contributed by atoms with Crippen LogP contribution in [-0.2, 0) is 28.0 Å². The molecule has 0 fully saturated rings. The van der Waals surface area contributed by atoms with Gasteiger partial charge in [0, 0.05) is 18.5 Å². The van der Waals surface area contributed by atoms with Crippen LogP contribution in [0.2, 0.25) is 0 Å². The molecule has 1 atom stereocenters. The van der Waals surface area contributed by atoms with Crippen LogP contribution in [0.15, 0.2) is 77.3 Å². The number of carbonyl (C=O) groups is 2. The Labute approximate surface area is 239 Å². The lowest BCUT2D eigenvalue weighted by Gasteiger charge is -2.33. The van der Waals surface area contributed by atoms with Crippen molar-refractivity contribution in [1.82, 2.24) is 10.2 Å². The molecule has 5 nitrogen and oxygen atoms in total. The Hall–Kier alpha value is -3.19. The van der Waals surface area contributed by atoms with Gasteiger partial charge in [-0.15, -0.1) is 0 Å². The average molecular weight is 598 g/mol. The summed E-state index contributed by atoms with van der Waals surface area (Å²) in [6, 6.07) is 20.5. The SMILES string of the molecule is CC(C)(C)NC(=O)[C@H](Cc1ccccc1)N(Cc1ccc(F)cc1)C(=O)COc1ccc(C(C)(C)C)cc1Br. The van der Waals surface area contributed by atoms with E-state index in [1.165, 1.54) is 17.0 Å². The van der Waals surface area contributed by atoms with Crippen LogP contribution in [0.3, 0.4) is 0 Å². The number of ether oxygens (including phenoxy) is 1. The number of rotatable bonds is 9. The van der Waals surface area contributed by atoms with Crippen LogP contribution in [0.1, 0.15) is 58.2 Å². The number of nitrogens with one attached hydrogen (secondary N) is 1. The van der Waals surface area contributed by atoms with Gasteiger partial charge >= 0.3 is 0 Å². The molecule has 1 N–H and O–H groups in total. The number of amides is 2. The molecule has 0 spiro atoms. The fourth-order valence-electron chi connectivity index (χ4n) is 4.10. The Morgan fingerprint density at radius 2 is 1.56 bits per heavy atom. The van der Waals surface area contributed by atoms with E-state index in [2.05, 4.69) is 42.0 Å². The molecule has 0 saturated carbocycles. The molecule has 0 bridgehead atoms. The van der Waals surface area contributed by atoms with Gasteiger partial charge in [-0.05, 0) is 83.1 Å². The van der Waals surface area contributed by atoms with Crippen LogP contribution < -0.4 is 10.1 Å². The first-order valence-corrected chi connectivity index (χ1v) is 13.8. The molecule has 0 aliphatic carbocycles. The number of carbonyl (C=O) groups excluding carboxylic acids is 2. The van der Waals surface area contributed by atoms with Gasteiger partial charge < -0.3 is 15.0 Å². The normalized spacial score (nSPS) is 12.5. The molecule has 3 aromatic carbocycles. The molecule has 7 heteroatoms. The molecule has 3 aromatic rings. The Balaban J connectivity index is 1.92. The third kappa shape index (κ3) is 9.20. The first kappa shape index (κ1) is 30.4. The summed E-state index contributed by atoms with van der Waals surface area (Å²) in [5, 5.41) is 3.03. The molecule has 2 amide bonds. The smallest absolute Gasteiger partial charge is 0.261 e. The highest BCUT2D eigenvalue weighted by molar-refractivity contribution is 9.10. The molecule has 3 rings (SSSR count). The van der Waals surface area contributed by atoms with Gasteiger partial charge in [-0.2, -0.15) is 0 Å². The molecule has 0 radical (unpaired) electrons. The summed E-state index contributed by atoms with van der Waals surface area (Å²) in [5.74, 6) is -0.444. The summed E-state index contributed by atoms with van der Waals surface area (Å²) in [6.07, 6.45) is 0.319. The van der Waals surface area contributed by atoms with E-state index < -0.39 is 11.6 Å². The van der Waals surface area contributed by atoms with Crippen molar-refractivity contribution in [2.45, 2.75) is 71.5 Å². The largest absolute Gasteiger partial charge is 0.483 e. The highest BCUT2D eigenvalue weighted by Crippen LogP contribution is 2.31. The third-order valence-corrected chi connectivity index (χ3v) is 6.80. The van der Waals surface area contributed by atoms with Gasteiger partial charge in [0.1, 0.15) is 17.6 Å². The minimum Gasteiger partial charge on any atom is -0.483 e. The van der Waals surface area contributed by atoms with Crippen molar-refractivity contribution in [3.63, 3.8) is 0 Å². The second-order valence-electron chi connectivity index (χ2n) is 11.8. The zero-order valence-electron chi connectivity index (χ0n) is 23.6. The molecule has 0 unspecified atom stereocenters. The standard InChI is InChI=1S/C32H38BrFN2O3/c1-31(2,3)24-14-17-28(26(33)19-24)39-21-29(37)36(20-23-12-15-25(34)16-13-23)27(30(38)35-32(4,5)6)18-22-10-8-7-9-11-22/h7-17,19,27H,18,20-21H2,1-6H3,(H,35,38)/t27-/m0/s1. The fraction of sp³-hybridized carbons (Fsp3) is 0.375. The minimum atomic E-state index is -0.806. The number of hydrogen-bond acceptors (Lipinski definition) is 3. The van der Waals surface area contributed by atoms with Crippen molar-refractivity contribution in [2.75, 3.05) is 6.61 Å². The zero-order valence-corrected chi connectivity index (χ0v) is 25.1. The fourth-order valence-corrected chi connectivity index (χ4v) is 4.59. The van der Waals surface area contributed by atoms with Gasteiger partial charge in [-0.25, -0.2) is 4.39 Å². The van der Waals surface area contributed by atoms with E-state index in [1.54, 1.807) is 12.1 Å². The van der Waals surface area contributed by atoms with E-state index >= 15 is 0 Å². The molecule has 0 aliphatic heterocycles. The van der Waals surface area contributed by atoms with Crippen molar-refractivity contribution < 1.29 is 18.7 Å². The average Bonchev–Trinajstić information content (AvgIpc) is 2.85. The van der Waals surface area contributed by atoms with Gasteiger partial charge in [-0.1, -0.05) is 69.3 Å². The molecular formula is C32H38BrFN2O3. The lowest BCUT2D eigenvalue weighted by atomic mass is 9.87. The van der Waals surface area contributed by atoms with Crippen molar-refractivity contribution >= 4 is 27.7 Å². The van der Waals surface area contributed by atoms with Crippen LogP contribution in [0.25, 0.3) is 0 Å². The Morgan fingerprint density at radius 3 is 2.13 bits per heavy atom. The first-order chi connectivity index (χ1) is 18.2. The summed E-state index contributed by atoms with van der Waals surface area (Å²) >= 11 is 3.57.